The number of nitrogens with one attached hydrogen (secondary N) is 3. The second-order valence-corrected chi connectivity index (χ2v) is 8.26. The number of unbranched alkanes of at least 4 members (excludes halogenated alkanes) is 1. The topological polar surface area (TPSA) is 197 Å². The highest BCUT2D eigenvalue weighted by Gasteiger charge is 2.31. The summed E-state index contributed by atoms with van der Waals surface area (Å²) < 4.78 is 0. The van der Waals surface area contributed by atoms with E-state index in [9.17, 15) is 29.4 Å². The van der Waals surface area contributed by atoms with Crippen molar-refractivity contribution in [3.05, 3.63) is 0 Å². The first-order valence-corrected chi connectivity index (χ1v) is 11.0. The Morgan fingerprint density at radius 1 is 0.935 bits per heavy atom. The van der Waals surface area contributed by atoms with Crippen LogP contribution in [0.5, 0.6) is 0 Å². The third-order valence-electron chi connectivity index (χ3n) is 4.50. The first-order chi connectivity index (χ1) is 14.4. The molecule has 0 heterocycles. The van der Waals surface area contributed by atoms with Crippen LogP contribution >= 0.6 is 12.6 Å². The summed E-state index contributed by atoms with van der Waals surface area (Å²) >= 11 is 3.98. The van der Waals surface area contributed by atoms with Crippen molar-refractivity contribution in [1.82, 2.24) is 16.0 Å². The summed E-state index contributed by atoms with van der Waals surface area (Å²) in [5.74, 6) is -3.13. The van der Waals surface area contributed by atoms with Gasteiger partial charge in [0, 0.05) is 5.75 Å². The molecule has 11 nitrogen and oxygen atoms in total. The fraction of sp³-hybridized carbons (Fsp3) is 0.789. The number of carboxylic acid groups (broad SMARTS) is 1. The fourth-order valence-electron chi connectivity index (χ4n) is 2.74. The van der Waals surface area contributed by atoms with E-state index >= 15 is 0 Å². The highest BCUT2D eigenvalue weighted by Crippen LogP contribution is 2.08. The van der Waals surface area contributed by atoms with Crippen LogP contribution in [0.2, 0.25) is 0 Å². The number of hydrogen-bond acceptors (Lipinski definition) is 8. The Kier molecular flexibility index (Phi) is 14.1. The first-order valence-electron chi connectivity index (χ1n) is 10.3. The molecule has 3 amide bonds. The quantitative estimate of drug-likeness (QED) is 0.104. The molecule has 0 spiro atoms. The van der Waals surface area contributed by atoms with E-state index in [1.165, 1.54) is 6.92 Å². The van der Waals surface area contributed by atoms with E-state index in [2.05, 4.69) is 28.6 Å². The molecule has 0 aromatic heterocycles. The summed E-state index contributed by atoms with van der Waals surface area (Å²) in [5.41, 5.74) is 11.1. The summed E-state index contributed by atoms with van der Waals surface area (Å²) in [5, 5.41) is 26.2. The summed E-state index contributed by atoms with van der Waals surface area (Å²) in [6.45, 7) is 5.37. The molecule has 180 valence electrons. The molecule has 0 bridgehead atoms. The number of nitrogens with two attached hydrogens (primary N) is 2. The van der Waals surface area contributed by atoms with E-state index in [1.54, 1.807) is 0 Å². The Hall–Kier alpha value is -1.89. The van der Waals surface area contributed by atoms with Crippen molar-refractivity contribution in [3.8, 4) is 0 Å². The van der Waals surface area contributed by atoms with Crippen LogP contribution in [-0.4, -0.2) is 76.5 Å². The van der Waals surface area contributed by atoms with E-state index in [4.69, 9.17) is 11.5 Å². The Labute approximate surface area is 188 Å². The minimum atomic E-state index is -1.53. The molecule has 0 rings (SSSR count). The molecule has 0 radical (unpaired) electrons. The molecular formula is C19H37N5O6S. The van der Waals surface area contributed by atoms with Crippen molar-refractivity contribution >= 4 is 36.3 Å². The van der Waals surface area contributed by atoms with Crippen LogP contribution in [0.25, 0.3) is 0 Å². The average molecular weight is 464 g/mol. The van der Waals surface area contributed by atoms with Crippen molar-refractivity contribution in [2.45, 2.75) is 76.7 Å². The van der Waals surface area contributed by atoms with Gasteiger partial charge in [-0.3, -0.25) is 14.4 Å². The van der Waals surface area contributed by atoms with Crippen molar-refractivity contribution in [2.75, 3.05) is 12.3 Å². The Morgan fingerprint density at radius 3 is 1.94 bits per heavy atom. The standard InChI is InChI=1S/C19H37N5O6S/c1-10(2)8-14(23-16(26)12(21)9-31)18(28)22-13(6-4-5-7-20)17(27)24-15(11(3)25)19(29)30/h10-15,25,31H,4-9,20-21H2,1-3H3,(H,22,28)(H,23,26)(H,24,27)(H,29,30). The third-order valence-corrected chi connectivity index (χ3v) is 4.89. The predicted octanol–water partition coefficient (Wildman–Crippen LogP) is -1.66. The van der Waals surface area contributed by atoms with Gasteiger partial charge in [0.25, 0.3) is 0 Å². The molecule has 9 N–H and O–H groups in total. The van der Waals surface area contributed by atoms with Gasteiger partial charge >= 0.3 is 5.97 Å². The lowest BCUT2D eigenvalue weighted by Gasteiger charge is -2.26. The minimum Gasteiger partial charge on any atom is -0.480 e. The van der Waals surface area contributed by atoms with Gasteiger partial charge in [-0.25, -0.2) is 4.79 Å². The van der Waals surface area contributed by atoms with Crippen molar-refractivity contribution in [2.24, 2.45) is 17.4 Å². The van der Waals surface area contributed by atoms with Crippen LogP contribution in [-0.2, 0) is 19.2 Å². The Morgan fingerprint density at radius 2 is 1.48 bits per heavy atom. The molecule has 0 aliphatic carbocycles. The average Bonchev–Trinajstić information content (AvgIpc) is 2.68. The van der Waals surface area contributed by atoms with Gasteiger partial charge in [0.05, 0.1) is 12.1 Å². The molecule has 0 aromatic carbocycles. The van der Waals surface area contributed by atoms with Gasteiger partial charge in [0.15, 0.2) is 6.04 Å². The highest BCUT2D eigenvalue weighted by molar-refractivity contribution is 7.80. The number of carboxylic acids is 1. The molecule has 31 heavy (non-hydrogen) atoms. The van der Waals surface area contributed by atoms with Gasteiger partial charge in [-0.15, -0.1) is 0 Å². The van der Waals surface area contributed by atoms with Crippen LogP contribution < -0.4 is 27.4 Å². The van der Waals surface area contributed by atoms with Gasteiger partial charge in [-0.05, 0) is 45.1 Å². The number of aliphatic hydroxyl groups excluding tert-OH is 1. The van der Waals surface area contributed by atoms with Crippen LogP contribution in [0.3, 0.4) is 0 Å². The van der Waals surface area contributed by atoms with E-state index in [-0.39, 0.29) is 18.1 Å². The van der Waals surface area contributed by atoms with Gasteiger partial charge in [0.1, 0.15) is 12.1 Å². The monoisotopic (exact) mass is 463 g/mol. The summed E-state index contributed by atoms with van der Waals surface area (Å²) in [7, 11) is 0. The molecule has 0 saturated carbocycles. The van der Waals surface area contributed by atoms with Crippen molar-refractivity contribution < 1.29 is 29.4 Å². The van der Waals surface area contributed by atoms with Crippen LogP contribution in [0.4, 0.5) is 0 Å². The maximum Gasteiger partial charge on any atom is 0.328 e. The van der Waals surface area contributed by atoms with Crippen LogP contribution in [0.1, 0.15) is 46.5 Å². The molecule has 0 aliphatic rings. The second-order valence-electron chi connectivity index (χ2n) is 7.89. The number of amides is 3. The zero-order chi connectivity index (χ0) is 24.1. The number of hydrogen-bond donors (Lipinski definition) is 8. The summed E-state index contributed by atoms with van der Waals surface area (Å²) in [6.07, 6.45) is 0.283. The normalized spacial score (nSPS) is 16.0. The SMILES string of the molecule is CC(C)CC(NC(=O)C(N)CS)C(=O)NC(CCCCN)C(=O)NC(C(=O)O)C(C)O. The zero-order valence-electron chi connectivity index (χ0n) is 18.3. The van der Waals surface area contributed by atoms with Gasteiger partial charge < -0.3 is 37.6 Å². The van der Waals surface area contributed by atoms with Crippen LogP contribution in [0, 0.1) is 5.92 Å². The lowest BCUT2D eigenvalue weighted by molar-refractivity contribution is -0.145. The Balaban J connectivity index is 5.45. The number of aliphatic hydroxyl groups is 1. The molecule has 5 atom stereocenters. The molecule has 0 aromatic rings. The molecule has 0 fully saturated rings. The lowest BCUT2D eigenvalue weighted by Crippen LogP contribution is -2.58. The highest BCUT2D eigenvalue weighted by atomic mass is 32.1. The first kappa shape index (κ1) is 29.1. The van der Waals surface area contributed by atoms with Gasteiger partial charge in [-0.2, -0.15) is 12.6 Å². The Bertz CT molecular complexity index is 604. The number of carbonyl (C=O) groups is 4. The fourth-order valence-corrected chi connectivity index (χ4v) is 2.91. The largest absolute Gasteiger partial charge is 0.480 e. The minimum absolute atomic E-state index is 0.0550. The summed E-state index contributed by atoms with van der Waals surface area (Å²) in [6, 6.07) is -4.42. The molecule has 12 heteroatoms. The third kappa shape index (κ3) is 11.3. The van der Waals surface area contributed by atoms with Gasteiger partial charge in [0.2, 0.25) is 17.7 Å². The number of aliphatic carboxylic acids is 1. The van der Waals surface area contributed by atoms with Crippen LogP contribution in [0.15, 0.2) is 0 Å². The van der Waals surface area contributed by atoms with E-state index in [0.717, 1.165) is 0 Å². The maximum absolute atomic E-state index is 12.9. The molecular weight excluding hydrogens is 426 g/mol. The number of rotatable bonds is 15. The number of carbonyl (C=O) groups excluding carboxylic acids is 3. The van der Waals surface area contributed by atoms with E-state index < -0.39 is 54.0 Å². The van der Waals surface area contributed by atoms with Crippen molar-refractivity contribution in [3.63, 3.8) is 0 Å². The van der Waals surface area contributed by atoms with E-state index in [0.29, 0.717) is 25.8 Å². The number of thiol groups is 1. The second kappa shape index (κ2) is 15.0. The predicted molar refractivity (Wildman–Crippen MR) is 119 cm³/mol. The molecule has 5 unspecified atom stereocenters. The molecule has 0 aliphatic heterocycles. The molecule has 0 saturated heterocycles. The maximum atomic E-state index is 12.9. The van der Waals surface area contributed by atoms with Crippen molar-refractivity contribution in [1.29, 1.82) is 0 Å². The van der Waals surface area contributed by atoms with E-state index in [1.807, 2.05) is 13.8 Å². The zero-order valence-corrected chi connectivity index (χ0v) is 19.2. The summed E-state index contributed by atoms with van der Waals surface area (Å²) in [4.78, 5) is 49.0. The smallest absolute Gasteiger partial charge is 0.328 e. The van der Waals surface area contributed by atoms with Gasteiger partial charge in [-0.1, -0.05) is 13.8 Å². The lowest BCUT2D eigenvalue weighted by atomic mass is 10.0.